The number of aromatic nitrogens is 2. The average molecular weight is 417 g/mol. The number of carbonyl (C=O) groups is 1. The van der Waals surface area contributed by atoms with Gasteiger partial charge in [-0.05, 0) is 43.2 Å². The smallest absolute Gasteiger partial charge is 0.387 e. The van der Waals surface area contributed by atoms with Crippen LogP contribution in [0.1, 0.15) is 35.0 Å². The molecule has 1 atom stereocenters. The molecule has 0 spiro atoms. The first-order valence-corrected chi connectivity index (χ1v) is 9.43. The Morgan fingerprint density at radius 2 is 2.03 bits per heavy atom. The normalized spacial score (nSPS) is 16.7. The molecule has 1 aliphatic rings. The predicted octanol–water partition coefficient (Wildman–Crippen LogP) is 4.50. The Balaban J connectivity index is 1.48. The van der Waals surface area contributed by atoms with Crippen molar-refractivity contribution in [2.45, 2.75) is 25.4 Å². The van der Waals surface area contributed by atoms with Gasteiger partial charge in [0.25, 0.3) is 5.91 Å². The van der Waals surface area contributed by atoms with Gasteiger partial charge in [-0.2, -0.15) is 13.8 Å². The maximum absolute atomic E-state index is 13.4. The topological polar surface area (TPSA) is 68.5 Å². The fraction of sp³-hybridized carbons (Fsp3) is 0.286. The fourth-order valence-electron chi connectivity index (χ4n) is 3.50. The minimum Gasteiger partial charge on any atom is -0.435 e. The van der Waals surface area contributed by atoms with Gasteiger partial charge in [-0.25, -0.2) is 4.39 Å². The predicted molar refractivity (Wildman–Crippen MR) is 101 cm³/mol. The van der Waals surface area contributed by atoms with E-state index in [1.54, 1.807) is 23.1 Å². The van der Waals surface area contributed by atoms with E-state index >= 15 is 0 Å². The monoisotopic (exact) mass is 417 g/mol. The average Bonchev–Trinajstić information content (AvgIpc) is 3.23. The first kappa shape index (κ1) is 19.9. The molecule has 0 radical (unpaired) electrons. The standard InChI is InChI=1S/C21H18F3N3O3/c22-16-7-1-4-13(10-16)18-25-19(30-26-18)15-6-3-9-27(12-15)20(28)14-5-2-8-17(11-14)29-21(23)24/h1-2,4-5,7-8,10-11,15,21H,3,6,9,12H2. The lowest BCUT2D eigenvalue weighted by Crippen LogP contribution is -2.39. The van der Waals surface area contributed by atoms with Gasteiger partial charge in [0.15, 0.2) is 0 Å². The molecule has 0 saturated carbocycles. The van der Waals surface area contributed by atoms with E-state index in [1.165, 1.54) is 30.3 Å². The lowest BCUT2D eigenvalue weighted by molar-refractivity contribution is -0.0499. The van der Waals surface area contributed by atoms with Crippen LogP contribution in [0.5, 0.6) is 5.75 Å². The van der Waals surface area contributed by atoms with E-state index in [0.29, 0.717) is 24.5 Å². The Morgan fingerprint density at radius 3 is 2.83 bits per heavy atom. The fourth-order valence-corrected chi connectivity index (χ4v) is 3.50. The van der Waals surface area contributed by atoms with Gasteiger partial charge >= 0.3 is 6.61 Å². The minimum atomic E-state index is -2.96. The van der Waals surface area contributed by atoms with Crippen LogP contribution in [-0.4, -0.2) is 40.6 Å². The largest absolute Gasteiger partial charge is 0.435 e. The Morgan fingerprint density at radius 1 is 1.20 bits per heavy atom. The summed E-state index contributed by atoms with van der Waals surface area (Å²) in [5.41, 5.74) is 0.768. The number of ether oxygens (including phenoxy) is 1. The first-order chi connectivity index (χ1) is 14.5. The maximum Gasteiger partial charge on any atom is 0.387 e. The number of alkyl halides is 2. The Bertz CT molecular complexity index is 1040. The lowest BCUT2D eigenvalue weighted by atomic mass is 9.97. The molecule has 6 nitrogen and oxygen atoms in total. The molecule has 30 heavy (non-hydrogen) atoms. The van der Waals surface area contributed by atoms with Crippen LogP contribution in [0.4, 0.5) is 13.2 Å². The summed E-state index contributed by atoms with van der Waals surface area (Å²) < 4.78 is 48.0. The summed E-state index contributed by atoms with van der Waals surface area (Å²) in [5.74, 6) is -0.263. The molecular weight excluding hydrogens is 399 g/mol. The Kier molecular flexibility index (Phi) is 5.69. The molecule has 1 amide bonds. The number of nitrogens with zero attached hydrogens (tertiary/aromatic N) is 3. The number of benzene rings is 2. The highest BCUT2D eigenvalue weighted by atomic mass is 19.3. The van der Waals surface area contributed by atoms with Gasteiger partial charge in [-0.15, -0.1) is 0 Å². The van der Waals surface area contributed by atoms with Crippen LogP contribution in [0.3, 0.4) is 0 Å². The van der Waals surface area contributed by atoms with Gasteiger partial charge in [0, 0.05) is 24.2 Å². The van der Waals surface area contributed by atoms with Gasteiger partial charge in [0.05, 0.1) is 5.92 Å². The van der Waals surface area contributed by atoms with Crippen LogP contribution < -0.4 is 4.74 Å². The second-order valence-electron chi connectivity index (χ2n) is 6.96. The number of amides is 1. The van der Waals surface area contributed by atoms with Crippen molar-refractivity contribution in [1.29, 1.82) is 0 Å². The van der Waals surface area contributed by atoms with E-state index in [4.69, 9.17) is 4.52 Å². The number of piperidine rings is 1. The summed E-state index contributed by atoms with van der Waals surface area (Å²) in [5, 5.41) is 3.93. The third kappa shape index (κ3) is 4.45. The quantitative estimate of drug-likeness (QED) is 0.612. The maximum atomic E-state index is 13.4. The summed E-state index contributed by atoms with van der Waals surface area (Å²) in [7, 11) is 0. The van der Waals surface area contributed by atoms with Crippen LogP contribution >= 0.6 is 0 Å². The van der Waals surface area contributed by atoms with E-state index in [1.807, 2.05) is 0 Å². The zero-order chi connectivity index (χ0) is 21.1. The molecule has 0 aliphatic carbocycles. The summed E-state index contributed by atoms with van der Waals surface area (Å²) in [6.45, 7) is -2.08. The molecule has 4 rings (SSSR count). The van der Waals surface area contributed by atoms with Crippen molar-refractivity contribution in [3.63, 3.8) is 0 Å². The summed E-state index contributed by atoms with van der Waals surface area (Å²) >= 11 is 0. The first-order valence-electron chi connectivity index (χ1n) is 9.43. The lowest BCUT2D eigenvalue weighted by Gasteiger charge is -2.31. The van der Waals surface area contributed by atoms with Crippen molar-refractivity contribution < 1.29 is 27.2 Å². The molecule has 1 fully saturated rings. The molecule has 0 N–H and O–H groups in total. The molecule has 0 bridgehead atoms. The van der Waals surface area contributed by atoms with Crippen LogP contribution in [0.2, 0.25) is 0 Å². The molecule has 156 valence electrons. The van der Waals surface area contributed by atoms with Crippen LogP contribution in [0.15, 0.2) is 53.1 Å². The molecule has 1 saturated heterocycles. The SMILES string of the molecule is O=C(c1cccc(OC(F)F)c1)N1CCCC(c2nc(-c3cccc(F)c3)no2)C1. The van der Waals surface area contributed by atoms with Crippen molar-refractivity contribution in [2.75, 3.05) is 13.1 Å². The zero-order valence-electron chi connectivity index (χ0n) is 15.8. The molecule has 1 aromatic heterocycles. The summed E-state index contributed by atoms with van der Waals surface area (Å²) in [6, 6.07) is 11.6. The Labute approximate surface area is 170 Å². The molecule has 9 heteroatoms. The molecule has 1 unspecified atom stereocenters. The van der Waals surface area contributed by atoms with Gasteiger partial charge in [0.1, 0.15) is 11.6 Å². The highest BCUT2D eigenvalue weighted by Gasteiger charge is 2.29. The summed E-state index contributed by atoms with van der Waals surface area (Å²) in [6.07, 6.45) is 1.48. The van der Waals surface area contributed by atoms with Crippen LogP contribution in [0.25, 0.3) is 11.4 Å². The van der Waals surface area contributed by atoms with Gasteiger partial charge in [0.2, 0.25) is 11.7 Å². The van der Waals surface area contributed by atoms with E-state index in [-0.39, 0.29) is 29.0 Å². The van der Waals surface area contributed by atoms with Gasteiger partial charge in [-0.3, -0.25) is 4.79 Å². The summed E-state index contributed by atoms with van der Waals surface area (Å²) in [4.78, 5) is 18.9. The van der Waals surface area contributed by atoms with Crippen molar-refractivity contribution in [3.8, 4) is 17.1 Å². The van der Waals surface area contributed by atoms with Crippen molar-refractivity contribution in [1.82, 2.24) is 15.0 Å². The number of likely N-dealkylation sites (tertiary alicyclic amines) is 1. The molecule has 1 aliphatic heterocycles. The van der Waals surface area contributed by atoms with Crippen molar-refractivity contribution >= 4 is 5.91 Å². The number of carbonyl (C=O) groups excluding carboxylic acids is 1. The van der Waals surface area contributed by atoms with Crippen molar-refractivity contribution in [2.24, 2.45) is 0 Å². The van der Waals surface area contributed by atoms with E-state index in [9.17, 15) is 18.0 Å². The van der Waals surface area contributed by atoms with Crippen molar-refractivity contribution in [3.05, 3.63) is 65.8 Å². The number of halogens is 3. The minimum absolute atomic E-state index is 0.0685. The number of hydrogen-bond acceptors (Lipinski definition) is 5. The van der Waals surface area contributed by atoms with E-state index in [0.717, 1.165) is 12.8 Å². The molecule has 2 heterocycles. The van der Waals surface area contributed by atoms with Crippen LogP contribution in [0, 0.1) is 5.82 Å². The van der Waals surface area contributed by atoms with E-state index in [2.05, 4.69) is 14.9 Å². The third-order valence-corrected chi connectivity index (χ3v) is 4.89. The second-order valence-corrected chi connectivity index (χ2v) is 6.96. The van der Waals surface area contributed by atoms with E-state index < -0.39 is 12.4 Å². The highest BCUT2D eigenvalue weighted by molar-refractivity contribution is 5.94. The highest BCUT2D eigenvalue weighted by Crippen LogP contribution is 2.29. The second kappa shape index (κ2) is 8.56. The van der Waals surface area contributed by atoms with Gasteiger partial charge < -0.3 is 14.2 Å². The zero-order valence-corrected chi connectivity index (χ0v) is 15.8. The molecular formula is C21H18F3N3O3. The molecule has 2 aromatic carbocycles. The Hall–Kier alpha value is -3.36. The third-order valence-electron chi connectivity index (χ3n) is 4.89. The number of rotatable bonds is 5. The number of hydrogen-bond donors (Lipinski definition) is 0. The molecule has 3 aromatic rings. The van der Waals surface area contributed by atoms with Crippen LogP contribution in [-0.2, 0) is 0 Å². The van der Waals surface area contributed by atoms with Gasteiger partial charge in [-0.1, -0.05) is 23.4 Å².